The monoisotopic (exact) mass is 267 g/mol. The molecule has 6 rings (SSSR count). The summed E-state index contributed by atoms with van der Waals surface area (Å²) in [7, 11) is 0. The lowest BCUT2D eigenvalue weighted by molar-refractivity contribution is -0.0644. The summed E-state index contributed by atoms with van der Waals surface area (Å²) in [4.78, 5) is 12.7. The van der Waals surface area contributed by atoms with Gasteiger partial charge in [0.05, 0.1) is 17.2 Å². The van der Waals surface area contributed by atoms with E-state index in [1.54, 1.807) is 0 Å². The zero-order chi connectivity index (χ0) is 13.4. The van der Waals surface area contributed by atoms with Gasteiger partial charge in [-0.2, -0.15) is 0 Å². The van der Waals surface area contributed by atoms with E-state index in [2.05, 4.69) is 16.9 Å². The van der Waals surface area contributed by atoms with Gasteiger partial charge < -0.3 is 4.98 Å². The third kappa shape index (κ3) is 1.41. The average Bonchev–Trinajstić information content (AvgIpc) is 2.80. The average molecular weight is 267 g/mol. The normalized spacial score (nSPS) is 42.5. The molecule has 3 nitrogen and oxygen atoms in total. The minimum atomic E-state index is 0.331. The number of aromatic nitrogens is 3. The largest absolute Gasteiger partial charge is 0.340 e. The van der Waals surface area contributed by atoms with Crippen LogP contribution < -0.4 is 0 Å². The molecule has 4 fully saturated rings. The molecule has 20 heavy (non-hydrogen) atoms. The zero-order valence-corrected chi connectivity index (χ0v) is 12.0. The molecule has 0 radical (unpaired) electrons. The Balaban J connectivity index is 1.65. The summed E-state index contributed by atoms with van der Waals surface area (Å²) >= 11 is 0. The van der Waals surface area contributed by atoms with Crippen LogP contribution in [0.4, 0.5) is 0 Å². The molecule has 2 unspecified atom stereocenters. The van der Waals surface area contributed by atoms with Crippen LogP contribution in [0.15, 0.2) is 18.5 Å². The maximum absolute atomic E-state index is 4.94. The Labute approximate surface area is 119 Å². The van der Waals surface area contributed by atoms with Crippen molar-refractivity contribution < 1.29 is 0 Å². The molecule has 0 amide bonds. The van der Waals surface area contributed by atoms with Crippen LogP contribution in [0.3, 0.4) is 0 Å². The first-order valence-corrected chi connectivity index (χ1v) is 7.95. The van der Waals surface area contributed by atoms with Crippen LogP contribution in [0.5, 0.6) is 0 Å². The number of nitrogens with zero attached hydrogens (tertiary/aromatic N) is 2. The first-order valence-electron chi connectivity index (χ1n) is 7.95. The molecule has 2 heterocycles. The minimum Gasteiger partial charge on any atom is -0.340 e. The Morgan fingerprint density at radius 2 is 2.00 bits per heavy atom. The third-order valence-corrected chi connectivity index (χ3v) is 6.14. The van der Waals surface area contributed by atoms with Gasteiger partial charge in [0.15, 0.2) is 0 Å². The lowest BCUT2D eigenvalue weighted by Gasteiger charge is -2.60. The van der Waals surface area contributed by atoms with E-state index in [0.29, 0.717) is 10.8 Å². The third-order valence-electron chi connectivity index (χ3n) is 6.14. The summed E-state index contributed by atoms with van der Waals surface area (Å²) in [6.07, 6.45) is 12.2. The maximum atomic E-state index is 4.94. The number of hydrogen-bond acceptors (Lipinski definition) is 2. The number of pyridine rings is 1. The lowest BCUT2D eigenvalue weighted by atomic mass is 9.44. The number of rotatable bonds is 1. The van der Waals surface area contributed by atoms with Gasteiger partial charge in [-0.25, -0.2) is 4.98 Å². The Morgan fingerprint density at radius 1 is 1.20 bits per heavy atom. The van der Waals surface area contributed by atoms with Crippen LogP contribution in [0.25, 0.3) is 11.0 Å². The van der Waals surface area contributed by atoms with E-state index >= 15 is 0 Å². The Morgan fingerprint density at radius 3 is 2.70 bits per heavy atom. The number of hydrogen-bond donors (Lipinski definition) is 1. The molecule has 0 saturated heterocycles. The molecule has 2 aromatic heterocycles. The molecule has 4 aliphatic rings. The van der Waals surface area contributed by atoms with E-state index in [1.807, 2.05) is 18.5 Å². The molecule has 104 valence electrons. The van der Waals surface area contributed by atoms with Crippen molar-refractivity contribution in [3.05, 3.63) is 24.3 Å². The zero-order valence-electron chi connectivity index (χ0n) is 12.0. The summed E-state index contributed by atoms with van der Waals surface area (Å²) in [6, 6.07) is 2.03. The van der Waals surface area contributed by atoms with Gasteiger partial charge in [0.1, 0.15) is 5.82 Å². The van der Waals surface area contributed by atoms with Gasteiger partial charge >= 0.3 is 0 Å². The number of H-pyrrole nitrogens is 1. The second-order valence-corrected chi connectivity index (χ2v) is 8.03. The molecule has 1 N–H and O–H groups in total. The maximum Gasteiger partial charge on any atom is 0.113 e. The van der Waals surface area contributed by atoms with Crippen LogP contribution in [-0.4, -0.2) is 15.0 Å². The molecule has 0 aromatic carbocycles. The first-order chi connectivity index (χ1) is 9.64. The van der Waals surface area contributed by atoms with Crippen molar-refractivity contribution in [3.8, 4) is 0 Å². The fraction of sp³-hybridized carbons (Fsp3) is 0.647. The van der Waals surface area contributed by atoms with Crippen molar-refractivity contribution in [2.75, 3.05) is 0 Å². The fourth-order valence-electron chi connectivity index (χ4n) is 6.11. The molecule has 4 saturated carbocycles. The number of fused-ring (bicyclic) bond motifs is 1. The van der Waals surface area contributed by atoms with Gasteiger partial charge in [-0.1, -0.05) is 6.92 Å². The molecule has 4 aliphatic carbocycles. The Hall–Kier alpha value is -1.38. The molecule has 2 atom stereocenters. The predicted molar refractivity (Wildman–Crippen MR) is 78.4 cm³/mol. The summed E-state index contributed by atoms with van der Waals surface area (Å²) in [5.41, 5.74) is 3.08. The van der Waals surface area contributed by atoms with Crippen molar-refractivity contribution in [2.24, 2.45) is 17.3 Å². The van der Waals surface area contributed by atoms with E-state index in [9.17, 15) is 0 Å². The highest BCUT2D eigenvalue weighted by atomic mass is 15.0. The topological polar surface area (TPSA) is 41.6 Å². The molecule has 3 heteroatoms. The van der Waals surface area contributed by atoms with Gasteiger partial charge in [-0.3, -0.25) is 4.98 Å². The van der Waals surface area contributed by atoms with Crippen molar-refractivity contribution in [1.82, 2.24) is 15.0 Å². The van der Waals surface area contributed by atoms with E-state index < -0.39 is 0 Å². The number of aromatic amines is 1. The SMILES string of the molecule is CC12CC3CC(C1)CC(c1nc4ccncc4[nH]1)(C3)C2. The molecule has 4 bridgehead atoms. The summed E-state index contributed by atoms with van der Waals surface area (Å²) < 4.78 is 0. The summed E-state index contributed by atoms with van der Waals surface area (Å²) in [5, 5.41) is 0. The van der Waals surface area contributed by atoms with Crippen molar-refractivity contribution in [2.45, 2.75) is 50.9 Å². The fourth-order valence-corrected chi connectivity index (χ4v) is 6.11. The highest BCUT2D eigenvalue weighted by Crippen LogP contribution is 2.65. The Kier molecular flexibility index (Phi) is 1.94. The number of imidazole rings is 1. The standard InChI is InChI=1S/C17H21N3/c1-16-5-11-4-12(6-16)8-17(7-11,10-16)15-19-13-2-3-18-9-14(13)20-15/h2-3,9,11-12H,4-8,10H2,1H3,(H,19,20). The minimum absolute atomic E-state index is 0.331. The summed E-state index contributed by atoms with van der Waals surface area (Å²) in [6.45, 7) is 2.52. The second-order valence-electron chi connectivity index (χ2n) is 8.03. The van der Waals surface area contributed by atoms with E-state index in [0.717, 1.165) is 22.9 Å². The summed E-state index contributed by atoms with van der Waals surface area (Å²) in [5.74, 6) is 3.13. The van der Waals surface area contributed by atoms with Crippen molar-refractivity contribution in [3.63, 3.8) is 0 Å². The van der Waals surface area contributed by atoms with Gasteiger partial charge in [0, 0.05) is 11.6 Å². The Bertz CT molecular complexity index is 639. The quantitative estimate of drug-likeness (QED) is 0.853. The smallest absolute Gasteiger partial charge is 0.113 e. The highest BCUT2D eigenvalue weighted by molar-refractivity contribution is 5.73. The van der Waals surface area contributed by atoms with Gasteiger partial charge in [0.2, 0.25) is 0 Å². The highest BCUT2D eigenvalue weighted by Gasteiger charge is 2.57. The molecule has 0 spiro atoms. The first kappa shape index (κ1) is 11.3. The molecule has 0 aliphatic heterocycles. The van der Waals surface area contributed by atoms with Crippen molar-refractivity contribution >= 4 is 11.0 Å². The predicted octanol–water partition coefficient (Wildman–Crippen LogP) is 3.82. The number of nitrogens with one attached hydrogen (secondary N) is 1. The lowest BCUT2D eigenvalue weighted by Crippen LogP contribution is -2.53. The van der Waals surface area contributed by atoms with Crippen LogP contribution >= 0.6 is 0 Å². The van der Waals surface area contributed by atoms with Crippen LogP contribution in [0.2, 0.25) is 0 Å². The van der Waals surface area contributed by atoms with Crippen LogP contribution in [-0.2, 0) is 5.41 Å². The molecule has 2 aromatic rings. The van der Waals surface area contributed by atoms with E-state index in [1.165, 1.54) is 44.3 Å². The van der Waals surface area contributed by atoms with Crippen LogP contribution in [0, 0.1) is 17.3 Å². The van der Waals surface area contributed by atoms with Gasteiger partial charge in [0.25, 0.3) is 0 Å². The van der Waals surface area contributed by atoms with E-state index in [-0.39, 0.29) is 0 Å². The molecular weight excluding hydrogens is 246 g/mol. The van der Waals surface area contributed by atoms with Crippen molar-refractivity contribution in [1.29, 1.82) is 0 Å². The van der Waals surface area contributed by atoms with Gasteiger partial charge in [-0.15, -0.1) is 0 Å². The van der Waals surface area contributed by atoms with E-state index in [4.69, 9.17) is 4.98 Å². The van der Waals surface area contributed by atoms with Crippen LogP contribution in [0.1, 0.15) is 51.3 Å². The van der Waals surface area contributed by atoms with Gasteiger partial charge in [-0.05, 0) is 61.8 Å². The molecular formula is C17H21N3. The second kappa shape index (κ2) is 3.44.